The first-order valence-electron chi connectivity index (χ1n) is 24.8. The van der Waals surface area contributed by atoms with Crippen molar-refractivity contribution in [2.24, 2.45) is 0 Å². The number of nitrogens with zero attached hydrogens (tertiary/aromatic N) is 2. The number of benzene rings is 11. The van der Waals surface area contributed by atoms with Gasteiger partial charge >= 0.3 is 0 Å². The molecule has 0 bridgehead atoms. The number of anilines is 6. The maximum Gasteiger partial charge on any atom is 0.256 e. The largest absolute Gasteiger partial charge is 0.458 e. The predicted octanol–water partition coefficient (Wildman–Crippen LogP) is 13.2. The molecule has 0 aliphatic carbocycles. The first-order valence-corrected chi connectivity index (χ1v) is 24.8. The zero-order valence-electron chi connectivity index (χ0n) is 39.1. The molecule has 4 nitrogen and oxygen atoms in total. The average molecular weight is 917 g/mol. The van der Waals surface area contributed by atoms with E-state index in [4.69, 9.17) is 9.47 Å². The van der Waals surface area contributed by atoms with E-state index in [-0.39, 0.29) is 13.4 Å². The summed E-state index contributed by atoms with van der Waals surface area (Å²) >= 11 is 0. The van der Waals surface area contributed by atoms with Gasteiger partial charge in [0.15, 0.2) is 0 Å². The van der Waals surface area contributed by atoms with Gasteiger partial charge in [0.05, 0.1) is 11.4 Å². The Hall–Kier alpha value is -9.25. The molecule has 0 N–H and O–H groups in total. The van der Waals surface area contributed by atoms with Crippen LogP contribution in [0.5, 0.6) is 23.0 Å². The van der Waals surface area contributed by atoms with Crippen molar-refractivity contribution in [3.05, 3.63) is 255 Å². The van der Waals surface area contributed by atoms with Crippen molar-refractivity contribution in [2.75, 3.05) is 9.80 Å². The minimum atomic E-state index is -0.125. The molecule has 4 aliphatic heterocycles. The predicted molar refractivity (Wildman–Crippen MR) is 300 cm³/mol. The molecule has 0 radical (unpaired) electrons. The zero-order valence-corrected chi connectivity index (χ0v) is 39.1. The smallest absolute Gasteiger partial charge is 0.256 e. The second-order valence-corrected chi connectivity index (χ2v) is 19.1. The molecule has 0 unspecified atom stereocenters. The van der Waals surface area contributed by atoms with E-state index in [1.54, 1.807) is 0 Å². The van der Waals surface area contributed by atoms with Crippen LogP contribution in [0.4, 0.5) is 34.1 Å². The number of hydrogen-bond donors (Lipinski definition) is 0. The Kier molecular flexibility index (Phi) is 9.12. The highest BCUT2D eigenvalue weighted by Crippen LogP contribution is 2.49. The third kappa shape index (κ3) is 6.22. The number of para-hydroxylation sites is 4. The van der Waals surface area contributed by atoms with Crippen LogP contribution in [-0.2, 0) is 0 Å². The summed E-state index contributed by atoms with van der Waals surface area (Å²) in [6.07, 6.45) is 0. The minimum absolute atomic E-state index is 0.125. The van der Waals surface area contributed by atoms with Gasteiger partial charge in [-0.1, -0.05) is 200 Å². The van der Waals surface area contributed by atoms with Gasteiger partial charge in [-0.05, 0) is 115 Å². The third-order valence-corrected chi connectivity index (χ3v) is 15.2. The van der Waals surface area contributed by atoms with Crippen molar-refractivity contribution in [1.82, 2.24) is 0 Å². The van der Waals surface area contributed by atoms with Crippen LogP contribution in [-0.4, -0.2) is 13.4 Å². The molecule has 0 aromatic heterocycles. The van der Waals surface area contributed by atoms with Crippen LogP contribution >= 0.6 is 0 Å². The molecule has 0 fully saturated rings. The van der Waals surface area contributed by atoms with Crippen molar-refractivity contribution in [1.29, 1.82) is 0 Å². The lowest BCUT2D eigenvalue weighted by Crippen LogP contribution is -2.63. The lowest BCUT2D eigenvalue weighted by molar-refractivity contribution is 0.466. The average Bonchev–Trinajstić information content (AvgIpc) is 3.45. The molecule has 0 spiro atoms. The maximum absolute atomic E-state index is 7.34. The molecule has 11 aromatic rings. The van der Waals surface area contributed by atoms with Crippen LogP contribution in [0, 0.1) is 0 Å². The Bertz CT molecular complexity index is 3700. The highest BCUT2D eigenvalue weighted by Gasteiger charge is 2.47. The number of hydrogen-bond acceptors (Lipinski definition) is 4. The summed E-state index contributed by atoms with van der Waals surface area (Å²) < 4.78 is 14.7. The van der Waals surface area contributed by atoms with Gasteiger partial charge in [0.25, 0.3) is 13.4 Å². The van der Waals surface area contributed by atoms with E-state index >= 15 is 0 Å². The summed E-state index contributed by atoms with van der Waals surface area (Å²) in [5, 5.41) is 0. The summed E-state index contributed by atoms with van der Waals surface area (Å²) in [5.41, 5.74) is 22.8. The van der Waals surface area contributed by atoms with Gasteiger partial charge in [-0.2, -0.15) is 0 Å². The topological polar surface area (TPSA) is 24.9 Å². The van der Waals surface area contributed by atoms with Gasteiger partial charge in [0, 0.05) is 39.9 Å². The monoisotopic (exact) mass is 916 g/mol. The molecule has 4 heterocycles. The molecule has 11 aromatic carbocycles. The number of fused-ring (bicyclic) bond motifs is 8. The van der Waals surface area contributed by atoms with Gasteiger partial charge < -0.3 is 19.3 Å². The first kappa shape index (κ1) is 40.6. The molecule has 4 aliphatic rings. The van der Waals surface area contributed by atoms with Crippen LogP contribution in [0.15, 0.2) is 255 Å². The number of rotatable bonds is 6. The van der Waals surface area contributed by atoms with E-state index in [0.29, 0.717) is 0 Å². The van der Waals surface area contributed by atoms with Gasteiger partial charge in [0.2, 0.25) is 0 Å². The lowest BCUT2D eigenvalue weighted by atomic mass is 9.31. The second-order valence-electron chi connectivity index (χ2n) is 19.1. The van der Waals surface area contributed by atoms with E-state index < -0.39 is 0 Å². The van der Waals surface area contributed by atoms with Gasteiger partial charge in [-0.15, -0.1) is 0 Å². The second kappa shape index (κ2) is 16.2. The normalized spacial score (nSPS) is 13.1. The van der Waals surface area contributed by atoms with Crippen molar-refractivity contribution in [3.63, 3.8) is 0 Å². The Labute approximate surface area is 419 Å². The Morgan fingerprint density at radius 2 is 0.583 bits per heavy atom. The van der Waals surface area contributed by atoms with E-state index in [0.717, 1.165) is 112 Å². The molecule has 0 amide bonds. The highest BCUT2D eigenvalue weighted by atomic mass is 16.5. The zero-order chi connectivity index (χ0) is 47.3. The number of ether oxygens (including phenoxy) is 2. The van der Waals surface area contributed by atoms with Crippen molar-refractivity contribution >= 4 is 80.3 Å². The van der Waals surface area contributed by atoms with E-state index in [9.17, 15) is 0 Å². The van der Waals surface area contributed by atoms with Gasteiger partial charge in [-0.3, -0.25) is 0 Å². The fraction of sp³-hybridized carbons (Fsp3) is 0. The molecule has 15 rings (SSSR count). The summed E-state index contributed by atoms with van der Waals surface area (Å²) in [6, 6.07) is 92.1. The molecular weight excluding hydrogens is 874 g/mol. The minimum Gasteiger partial charge on any atom is -0.458 e. The van der Waals surface area contributed by atoms with E-state index in [2.05, 4.69) is 265 Å². The first-order chi connectivity index (χ1) is 35.7. The molecule has 334 valence electrons. The lowest BCUT2D eigenvalue weighted by Gasteiger charge is -2.43. The van der Waals surface area contributed by atoms with Gasteiger partial charge in [-0.25, -0.2) is 0 Å². The molecule has 72 heavy (non-hydrogen) atoms. The fourth-order valence-corrected chi connectivity index (χ4v) is 12.1. The molecular formula is C66H42B2N2O2. The van der Waals surface area contributed by atoms with Crippen molar-refractivity contribution < 1.29 is 9.47 Å². The summed E-state index contributed by atoms with van der Waals surface area (Å²) in [7, 11) is 0. The molecule has 6 heteroatoms. The van der Waals surface area contributed by atoms with Crippen LogP contribution in [0.25, 0.3) is 44.5 Å². The Morgan fingerprint density at radius 1 is 0.236 bits per heavy atom. The quantitative estimate of drug-likeness (QED) is 0.155. The van der Waals surface area contributed by atoms with Crippen LogP contribution in [0.2, 0.25) is 0 Å². The van der Waals surface area contributed by atoms with Crippen molar-refractivity contribution in [3.8, 4) is 67.5 Å². The summed E-state index contributed by atoms with van der Waals surface area (Å²) in [4.78, 5) is 4.95. The Balaban J connectivity index is 0.965. The molecule has 0 atom stereocenters. The van der Waals surface area contributed by atoms with Crippen LogP contribution in [0.3, 0.4) is 0 Å². The summed E-state index contributed by atoms with van der Waals surface area (Å²) in [5.74, 6) is 3.31. The molecule has 0 saturated heterocycles. The van der Waals surface area contributed by atoms with Crippen LogP contribution in [0.1, 0.15) is 0 Å². The van der Waals surface area contributed by atoms with Crippen molar-refractivity contribution in [2.45, 2.75) is 0 Å². The molecule has 0 saturated carbocycles. The summed E-state index contributed by atoms with van der Waals surface area (Å²) in [6.45, 7) is -0.251. The van der Waals surface area contributed by atoms with E-state index in [1.165, 1.54) is 22.1 Å². The third-order valence-electron chi connectivity index (χ3n) is 15.2. The Morgan fingerprint density at radius 3 is 1.00 bits per heavy atom. The standard InChI is InChI=1S/C66H42B2N2O2/c1-5-21-43(22-6-1)47-37-59-65-63(39-47)71-61-42-62-54(41-53(61)67(65)51-31-15-19-35-57(51)69(59)55-33-17-13-29-49(55)45-25-9-3-10-26-45)68-52-32-16-20-36-58(52)70(56-34-18-14-30-50(56)46-27-11-4-12-28-46)60-38-48(40-64(72-62)66(60)68)44-23-7-2-8-24-44/h1-42H. The van der Waals surface area contributed by atoms with Crippen LogP contribution < -0.4 is 52.1 Å². The fourth-order valence-electron chi connectivity index (χ4n) is 12.1. The SMILES string of the molecule is c1ccc(-c2cc3c4c(c2)N(c2ccccc2-c2ccccc2)c2ccccc2B4c2cc4c(cc2O3)Oc2cc(-c3ccccc3)cc3c2B4c2ccccc2N3c2ccccc2-c2ccccc2)cc1. The van der Waals surface area contributed by atoms with E-state index in [1.807, 2.05) is 0 Å². The van der Waals surface area contributed by atoms with Gasteiger partial charge in [0.1, 0.15) is 23.0 Å². The highest BCUT2D eigenvalue weighted by molar-refractivity contribution is 7.02. The maximum atomic E-state index is 7.34.